The van der Waals surface area contributed by atoms with Gasteiger partial charge in [0, 0.05) is 0 Å². The van der Waals surface area contributed by atoms with Crippen molar-refractivity contribution in [1.29, 1.82) is 0 Å². The first kappa shape index (κ1) is 67.7. The van der Waals surface area contributed by atoms with Gasteiger partial charge in [-0.25, -0.2) is 0 Å². The van der Waals surface area contributed by atoms with Crippen LogP contribution in [0.3, 0.4) is 0 Å². The van der Waals surface area contributed by atoms with Gasteiger partial charge in [-0.2, -0.15) is 0 Å². The van der Waals surface area contributed by atoms with E-state index < -0.39 is 20.1 Å². The third-order valence-corrected chi connectivity index (χ3v) is 0. The molecule has 0 aliphatic carbocycles. The average Bonchev–Trinajstić information content (AvgIpc) is 0.722. The Morgan fingerprint density at radius 3 is 0.636 bits per heavy atom. The van der Waals surface area contributed by atoms with Gasteiger partial charge in [-0.1, -0.05) is 0 Å². The van der Waals surface area contributed by atoms with E-state index >= 15 is 0 Å². The molecular weight excluding hydrogens is 300 g/mol. The number of halogens is 6. The summed E-state index contributed by atoms with van der Waals surface area (Å²) in [6.45, 7) is 0. The van der Waals surface area contributed by atoms with Crippen molar-refractivity contribution in [1.82, 2.24) is 0 Å². The van der Waals surface area contributed by atoms with Crippen molar-refractivity contribution in [3.8, 4) is 0 Å². The third kappa shape index (κ3) is 108000. The molecule has 0 rings (SSSR count). The first-order valence-corrected chi connectivity index (χ1v) is 5.25. The van der Waals surface area contributed by atoms with Gasteiger partial charge in [-0.05, 0) is 0 Å². The molecule has 4 nitrogen and oxygen atoms in total. The molecule has 0 amide bonds. The molecule has 0 aromatic heterocycles. The number of hydrogen-bond donors (Lipinski definition) is 3. The molecule has 0 atom stereocenters. The van der Waals surface area contributed by atoms with Gasteiger partial charge in [-0.15, -0.1) is 0 Å². The monoisotopic (exact) mass is 308 g/mol. The summed E-state index contributed by atoms with van der Waals surface area (Å²) in [6, 6.07) is 0. The van der Waals surface area contributed by atoms with E-state index in [0.29, 0.717) is 0 Å². The Morgan fingerprint density at radius 2 is 0.636 bits per heavy atom. The summed E-state index contributed by atoms with van der Waals surface area (Å²) in [6.07, 6.45) is 0. The fourth-order valence-electron chi connectivity index (χ4n) is 0. The minimum atomic E-state index is -5.35. The van der Waals surface area contributed by atoms with E-state index in [-0.39, 0.29) is 28.2 Å². The molecule has 0 aliphatic rings. The van der Waals surface area contributed by atoms with E-state index in [2.05, 4.69) is 0 Å². The first-order valence-electron chi connectivity index (χ1n) is 0.783. The van der Waals surface area contributed by atoms with Crippen molar-refractivity contribution in [3.05, 3.63) is 0 Å². The zero-order valence-corrected chi connectivity index (χ0v) is 7.20. The van der Waals surface area contributed by atoms with Gasteiger partial charge in [0.05, 0.1) is 0 Å². The molecule has 0 heterocycles. The Morgan fingerprint density at radius 1 is 0.636 bits per heavy atom. The van der Waals surface area contributed by atoms with Gasteiger partial charge in [0.1, 0.15) is 0 Å². The predicted octanol–water partition coefficient (Wildman–Crippen LogP) is -1.26. The van der Waals surface area contributed by atoms with Gasteiger partial charge in [-0.3, -0.25) is 28.2 Å². The van der Waals surface area contributed by atoms with Crippen LogP contribution >= 0.6 is 0 Å². The van der Waals surface area contributed by atoms with E-state index in [1.807, 2.05) is 0 Å². The van der Waals surface area contributed by atoms with Crippen LogP contribution in [0.25, 0.3) is 0 Å². The molecular formula is H9F6O4Sb. The molecule has 0 bridgehead atoms. The maximum atomic E-state index is 8.97. The molecule has 0 radical (unpaired) electrons. The van der Waals surface area contributed by atoms with E-state index in [0.717, 1.165) is 0 Å². The fraction of sp³-hybridized carbons (Fsp3) is 0. The quantitative estimate of drug-likeness (QED) is 0.386. The van der Waals surface area contributed by atoms with Crippen LogP contribution in [0.15, 0.2) is 0 Å². The second-order valence-electron chi connectivity index (χ2n) is 0.513. The van der Waals surface area contributed by atoms with Crippen molar-refractivity contribution < 1.29 is 41.4 Å². The van der Waals surface area contributed by atoms with Crippen molar-refractivity contribution in [3.63, 3.8) is 0 Å². The van der Waals surface area contributed by atoms with Crippen molar-refractivity contribution in [2.45, 2.75) is 0 Å². The van der Waals surface area contributed by atoms with Crippen LogP contribution in [0.2, 0.25) is 0 Å². The molecule has 0 spiro atoms. The van der Waals surface area contributed by atoms with Gasteiger partial charge < -0.3 is 0 Å². The Kier molecular flexibility index (Phi) is 138. The zero-order valence-electron chi connectivity index (χ0n) is 4.65. The molecule has 0 saturated heterocycles. The number of rotatable bonds is 0. The van der Waals surface area contributed by atoms with E-state index in [9.17, 15) is 0 Å². The summed E-state index contributed by atoms with van der Waals surface area (Å²) in [7, 11) is 0. The van der Waals surface area contributed by atoms with E-state index in [1.54, 1.807) is 0 Å². The van der Waals surface area contributed by atoms with Crippen molar-refractivity contribution >= 4 is 20.1 Å². The molecule has 0 aromatic rings. The summed E-state index contributed by atoms with van der Waals surface area (Å²) < 4.78 is 30.8. The Bertz CT molecular complexity index is 60.7. The molecule has 11 heavy (non-hydrogen) atoms. The summed E-state index contributed by atoms with van der Waals surface area (Å²) in [5.41, 5.74) is 0. The number of hydrogen-bond acceptors (Lipinski definition) is 1. The summed E-state index contributed by atoms with van der Waals surface area (Å²) in [4.78, 5) is 0. The van der Waals surface area contributed by atoms with E-state index in [1.165, 1.54) is 0 Å². The topological polar surface area (TPSA) is 77.8 Å². The van der Waals surface area contributed by atoms with Crippen molar-refractivity contribution in [2.75, 3.05) is 0 Å². The van der Waals surface area contributed by atoms with Gasteiger partial charge in [0.2, 0.25) is 0 Å². The fourth-order valence-corrected chi connectivity index (χ4v) is 0. The molecule has 0 unspecified atom stereocenters. The SMILES string of the molecule is F.F.F.F.F.F.[O]=[Sb]([OH])([OH])[OH]. The second kappa shape index (κ2) is 22.5. The summed E-state index contributed by atoms with van der Waals surface area (Å²) in [5.74, 6) is 0. The van der Waals surface area contributed by atoms with Gasteiger partial charge in [0.15, 0.2) is 0 Å². The van der Waals surface area contributed by atoms with Crippen LogP contribution in [-0.2, 0) is 3.02 Å². The minimum absolute atomic E-state index is 0. The molecule has 0 aromatic carbocycles. The van der Waals surface area contributed by atoms with Crippen molar-refractivity contribution in [2.24, 2.45) is 0 Å². The van der Waals surface area contributed by atoms with Crippen LogP contribution < -0.4 is 0 Å². The normalized spacial score (nSPS) is 5.36. The zero-order chi connectivity index (χ0) is 4.50. The van der Waals surface area contributed by atoms with Gasteiger partial charge >= 0.3 is 33.2 Å². The molecule has 11 heteroatoms. The van der Waals surface area contributed by atoms with Crippen LogP contribution in [0.5, 0.6) is 0 Å². The predicted molar refractivity (Wildman–Crippen MR) is 28.1 cm³/mol. The van der Waals surface area contributed by atoms with Crippen LogP contribution in [0.4, 0.5) is 28.2 Å². The second-order valence-corrected chi connectivity index (χ2v) is 3.44. The van der Waals surface area contributed by atoms with Crippen LogP contribution in [-0.4, -0.2) is 30.2 Å². The van der Waals surface area contributed by atoms with Crippen LogP contribution in [0, 0.1) is 0 Å². The molecule has 0 saturated carbocycles. The molecule has 80 valence electrons. The molecule has 3 N–H and O–H groups in total. The average molecular weight is 309 g/mol. The first-order chi connectivity index (χ1) is 2.00. The maximum absolute atomic E-state index is 8.97. The molecule has 0 aliphatic heterocycles. The Hall–Kier alpha value is 0.0782. The summed E-state index contributed by atoms with van der Waals surface area (Å²) >= 11 is -5.35. The van der Waals surface area contributed by atoms with Gasteiger partial charge in [0.25, 0.3) is 0 Å². The third-order valence-electron chi connectivity index (χ3n) is 0. The molecule has 0 fully saturated rings. The Labute approximate surface area is 62.1 Å². The summed E-state index contributed by atoms with van der Waals surface area (Å²) in [5, 5.41) is 0. The van der Waals surface area contributed by atoms with Crippen LogP contribution in [0.1, 0.15) is 0 Å². The Balaban J connectivity index is -0.00000000533. The standard InChI is InChI=1S/6FH.3H2O.O.Sb/h6*1H;3*1H2;;/q;;;;;;;;;;+3/p-3. The van der Waals surface area contributed by atoms with E-state index in [4.69, 9.17) is 13.2 Å².